The van der Waals surface area contributed by atoms with E-state index in [1.807, 2.05) is 24.3 Å². The van der Waals surface area contributed by atoms with Crippen LogP contribution in [0, 0.1) is 5.41 Å². The van der Waals surface area contributed by atoms with Crippen molar-refractivity contribution in [3.8, 4) is 0 Å². The summed E-state index contributed by atoms with van der Waals surface area (Å²) in [5, 5.41) is 11.8. The molecule has 0 aliphatic rings. The number of hydrogen-bond acceptors (Lipinski definition) is 3. The average Bonchev–Trinajstić information content (AvgIpc) is 2.39. The molecule has 1 aromatic carbocycles. The zero-order valence-corrected chi connectivity index (χ0v) is 12.8. The number of benzene rings is 1. The Morgan fingerprint density at radius 3 is 2.57 bits per heavy atom. The van der Waals surface area contributed by atoms with Crippen molar-refractivity contribution in [2.45, 2.75) is 33.3 Å². The van der Waals surface area contributed by atoms with Crippen LogP contribution < -0.4 is 5.32 Å². The van der Waals surface area contributed by atoms with Crippen molar-refractivity contribution >= 4 is 11.9 Å². The topological polar surface area (TPSA) is 75.6 Å². The summed E-state index contributed by atoms with van der Waals surface area (Å²) < 4.78 is 5.06. The lowest BCUT2D eigenvalue weighted by molar-refractivity contribution is -0.147. The molecule has 21 heavy (non-hydrogen) atoms. The number of aliphatic carboxylic acids is 1. The van der Waals surface area contributed by atoms with Crippen molar-refractivity contribution in [3.63, 3.8) is 0 Å². The summed E-state index contributed by atoms with van der Waals surface area (Å²) in [5.74, 6) is -0.963. The van der Waals surface area contributed by atoms with E-state index in [1.54, 1.807) is 21.0 Å². The molecule has 5 nitrogen and oxygen atoms in total. The Balaban J connectivity index is 2.44. The highest BCUT2D eigenvalue weighted by molar-refractivity contribution is 5.78. The average molecular weight is 293 g/mol. The van der Waals surface area contributed by atoms with Crippen LogP contribution in [0.15, 0.2) is 24.3 Å². The molecule has 1 aromatic rings. The van der Waals surface area contributed by atoms with E-state index in [0.717, 1.165) is 11.1 Å². The van der Waals surface area contributed by atoms with Gasteiger partial charge in [-0.15, -0.1) is 0 Å². The molecule has 0 aliphatic carbocycles. The molecule has 0 heterocycles. The van der Waals surface area contributed by atoms with Gasteiger partial charge in [-0.05, 0) is 31.4 Å². The molecule has 0 radical (unpaired) electrons. The summed E-state index contributed by atoms with van der Waals surface area (Å²) in [7, 11) is 1.63. The second-order valence-corrected chi connectivity index (χ2v) is 5.72. The van der Waals surface area contributed by atoms with Gasteiger partial charge in [0.05, 0.1) is 18.4 Å². The molecule has 0 aromatic heterocycles. The molecule has 5 heteroatoms. The van der Waals surface area contributed by atoms with Gasteiger partial charge >= 0.3 is 5.97 Å². The van der Waals surface area contributed by atoms with Gasteiger partial charge in [0.25, 0.3) is 0 Å². The van der Waals surface area contributed by atoms with E-state index < -0.39 is 11.4 Å². The summed E-state index contributed by atoms with van der Waals surface area (Å²) in [6.07, 6.45) is 0.683. The number of carboxylic acid groups (broad SMARTS) is 1. The first-order valence-corrected chi connectivity index (χ1v) is 6.92. The number of rotatable bonds is 8. The molecule has 2 N–H and O–H groups in total. The summed E-state index contributed by atoms with van der Waals surface area (Å²) in [5.41, 5.74) is 1.11. The Hall–Kier alpha value is -1.88. The van der Waals surface area contributed by atoms with Crippen molar-refractivity contribution in [1.29, 1.82) is 0 Å². The second kappa shape index (κ2) is 7.78. The van der Waals surface area contributed by atoms with Crippen molar-refractivity contribution in [2.24, 2.45) is 5.41 Å². The third kappa shape index (κ3) is 5.95. The Morgan fingerprint density at radius 2 is 1.95 bits per heavy atom. The molecule has 0 fully saturated rings. The lowest BCUT2D eigenvalue weighted by atomic mass is 9.90. The van der Waals surface area contributed by atoms with Gasteiger partial charge < -0.3 is 15.2 Å². The number of carboxylic acids is 1. The standard InChI is InChI=1S/C16H23NO4/c1-16(2,15(19)20)7-8-17-14(18)10-12-5-4-6-13(9-12)11-21-3/h4-6,9H,7-8,10-11H2,1-3H3,(H,17,18)(H,19,20). The quantitative estimate of drug-likeness (QED) is 0.768. The summed E-state index contributed by atoms with van der Waals surface area (Å²) in [6, 6.07) is 7.66. The zero-order valence-electron chi connectivity index (χ0n) is 12.8. The third-order valence-electron chi connectivity index (χ3n) is 3.32. The van der Waals surface area contributed by atoms with E-state index in [9.17, 15) is 9.59 Å². The van der Waals surface area contributed by atoms with Crippen molar-refractivity contribution < 1.29 is 19.4 Å². The third-order valence-corrected chi connectivity index (χ3v) is 3.32. The van der Waals surface area contributed by atoms with E-state index in [1.165, 1.54) is 0 Å². The van der Waals surface area contributed by atoms with Crippen molar-refractivity contribution in [2.75, 3.05) is 13.7 Å². The number of ether oxygens (including phenoxy) is 1. The summed E-state index contributed by atoms with van der Waals surface area (Å²) in [6.45, 7) is 4.17. The predicted octanol–water partition coefficient (Wildman–Crippen LogP) is 1.99. The number of hydrogen-bond donors (Lipinski definition) is 2. The van der Waals surface area contributed by atoms with Crippen LogP contribution in [-0.4, -0.2) is 30.6 Å². The summed E-state index contributed by atoms with van der Waals surface area (Å²) in [4.78, 5) is 22.8. The monoisotopic (exact) mass is 293 g/mol. The molecule has 0 spiro atoms. The molecule has 0 unspecified atom stereocenters. The minimum Gasteiger partial charge on any atom is -0.481 e. The smallest absolute Gasteiger partial charge is 0.309 e. The van der Waals surface area contributed by atoms with Gasteiger partial charge in [0, 0.05) is 13.7 Å². The van der Waals surface area contributed by atoms with Crippen LogP contribution in [0.1, 0.15) is 31.4 Å². The minimum atomic E-state index is -0.857. The highest BCUT2D eigenvalue weighted by Crippen LogP contribution is 2.19. The van der Waals surface area contributed by atoms with Gasteiger partial charge in [0.15, 0.2) is 0 Å². The molecule has 0 saturated carbocycles. The largest absolute Gasteiger partial charge is 0.481 e. The van der Waals surface area contributed by atoms with E-state index in [-0.39, 0.29) is 12.3 Å². The minimum absolute atomic E-state index is 0.106. The first-order chi connectivity index (χ1) is 9.85. The lowest BCUT2D eigenvalue weighted by Gasteiger charge is -2.18. The first kappa shape index (κ1) is 17.2. The molecule has 0 saturated heterocycles. The Morgan fingerprint density at radius 1 is 1.29 bits per heavy atom. The van der Waals surface area contributed by atoms with E-state index in [2.05, 4.69) is 5.32 Å². The molecule has 0 aliphatic heterocycles. The second-order valence-electron chi connectivity index (χ2n) is 5.72. The van der Waals surface area contributed by atoms with Gasteiger partial charge in [0.2, 0.25) is 5.91 Å². The zero-order chi connectivity index (χ0) is 15.9. The van der Waals surface area contributed by atoms with Gasteiger partial charge in [-0.1, -0.05) is 24.3 Å². The van der Waals surface area contributed by atoms with Crippen LogP contribution in [0.5, 0.6) is 0 Å². The fourth-order valence-electron chi connectivity index (χ4n) is 1.87. The van der Waals surface area contributed by atoms with Gasteiger partial charge in [-0.2, -0.15) is 0 Å². The number of nitrogens with one attached hydrogen (secondary N) is 1. The number of amides is 1. The first-order valence-electron chi connectivity index (χ1n) is 6.92. The number of methoxy groups -OCH3 is 1. The molecule has 1 amide bonds. The van der Waals surface area contributed by atoms with Crippen LogP contribution in [0.2, 0.25) is 0 Å². The highest BCUT2D eigenvalue weighted by atomic mass is 16.5. The maximum atomic E-state index is 11.8. The Labute approximate surface area is 125 Å². The fourth-order valence-corrected chi connectivity index (χ4v) is 1.87. The molecule has 1 rings (SSSR count). The van der Waals surface area contributed by atoms with Crippen LogP contribution in [0.4, 0.5) is 0 Å². The number of carbonyl (C=O) groups excluding carboxylic acids is 1. The van der Waals surface area contributed by atoms with E-state index >= 15 is 0 Å². The fraction of sp³-hybridized carbons (Fsp3) is 0.500. The van der Waals surface area contributed by atoms with E-state index in [4.69, 9.17) is 9.84 Å². The van der Waals surface area contributed by atoms with Crippen LogP contribution in [0.3, 0.4) is 0 Å². The Kier molecular flexibility index (Phi) is 6.37. The molecular weight excluding hydrogens is 270 g/mol. The highest BCUT2D eigenvalue weighted by Gasteiger charge is 2.26. The van der Waals surface area contributed by atoms with E-state index in [0.29, 0.717) is 19.6 Å². The van der Waals surface area contributed by atoms with Crippen LogP contribution in [0.25, 0.3) is 0 Å². The van der Waals surface area contributed by atoms with Gasteiger partial charge in [-0.25, -0.2) is 0 Å². The molecule has 0 bridgehead atoms. The maximum Gasteiger partial charge on any atom is 0.309 e. The lowest BCUT2D eigenvalue weighted by Crippen LogP contribution is -2.32. The molecular formula is C16H23NO4. The normalized spacial score (nSPS) is 11.2. The van der Waals surface area contributed by atoms with Crippen molar-refractivity contribution in [1.82, 2.24) is 5.32 Å². The number of carbonyl (C=O) groups is 2. The molecule has 116 valence electrons. The Bertz CT molecular complexity index is 497. The maximum absolute atomic E-state index is 11.8. The van der Waals surface area contributed by atoms with Gasteiger partial charge in [0.1, 0.15) is 0 Å². The SMILES string of the molecule is COCc1cccc(CC(=O)NCCC(C)(C)C(=O)O)c1. The van der Waals surface area contributed by atoms with Crippen LogP contribution in [-0.2, 0) is 27.4 Å². The molecule has 0 atom stereocenters. The van der Waals surface area contributed by atoms with Crippen molar-refractivity contribution in [3.05, 3.63) is 35.4 Å². The predicted molar refractivity (Wildman–Crippen MR) is 79.9 cm³/mol. The van der Waals surface area contributed by atoms with Crippen LogP contribution >= 0.6 is 0 Å². The van der Waals surface area contributed by atoms with Gasteiger partial charge in [-0.3, -0.25) is 9.59 Å². The summed E-state index contributed by atoms with van der Waals surface area (Å²) >= 11 is 0.